The van der Waals surface area contributed by atoms with Crippen LogP contribution in [0.25, 0.3) is 0 Å². The minimum atomic E-state index is -4.42. The van der Waals surface area contributed by atoms with Gasteiger partial charge in [0.2, 0.25) is 0 Å². The Kier molecular flexibility index (Phi) is 5.77. The Bertz CT molecular complexity index is 824. The van der Waals surface area contributed by atoms with Gasteiger partial charge in [-0.25, -0.2) is 0 Å². The number of hydrogen-bond acceptors (Lipinski definition) is 3. The van der Waals surface area contributed by atoms with Gasteiger partial charge in [-0.2, -0.15) is 13.2 Å². The van der Waals surface area contributed by atoms with Gasteiger partial charge in [-0.3, -0.25) is 4.21 Å². The van der Waals surface area contributed by atoms with Crippen LogP contribution in [0.1, 0.15) is 23.1 Å². The van der Waals surface area contributed by atoms with E-state index in [1.54, 1.807) is 12.1 Å². The van der Waals surface area contributed by atoms with Gasteiger partial charge in [-0.1, -0.05) is 29.8 Å². The second-order valence-electron chi connectivity index (χ2n) is 5.88. The maximum absolute atomic E-state index is 12.8. The topological polar surface area (TPSA) is 35.5 Å². The zero-order valence-electron chi connectivity index (χ0n) is 13.6. The molecule has 2 aromatic carbocycles. The van der Waals surface area contributed by atoms with Crippen molar-refractivity contribution in [2.24, 2.45) is 0 Å². The van der Waals surface area contributed by atoms with Crippen LogP contribution >= 0.6 is 11.6 Å². The van der Waals surface area contributed by atoms with Crippen LogP contribution in [0, 0.1) is 0 Å². The van der Waals surface area contributed by atoms with Crippen LogP contribution in [0.3, 0.4) is 0 Å². The van der Waals surface area contributed by atoms with Crippen molar-refractivity contribution in [1.29, 1.82) is 0 Å². The lowest BCUT2D eigenvalue weighted by molar-refractivity contribution is -0.137. The molecule has 0 amide bonds. The van der Waals surface area contributed by atoms with Crippen molar-refractivity contribution < 1.29 is 26.9 Å². The molecular weight excluding hydrogens is 389 g/mol. The quantitative estimate of drug-likeness (QED) is 0.721. The largest absolute Gasteiger partial charge is 0.489 e. The molecule has 1 atom stereocenters. The molecule has 3 rings (SSSR count). The highest BCUT2D eigenvalue weighted by Crippen LogP contribution is 2.38. The molecule has 1 unspecified atom stereocenters. The summed E-state index contributed by atoms with van der Waals surface area (Å²) in [4.78, 5) is 0. The maximum Gasteiger partial charge on any atom is 0.416 e. The lowest BCUT2D eigenvalue weighted by Gasteiger charge is -2.12. The van der Waals surface area contributed by atoms with Crippen LogP contribution in [0.4, 0.5) is 13.2 Å². The van der Waals surface area contributed by atoms with E-state index in [0.717, 1.165) is 18.6 Å². The van der Waals surface area contributed by atoms with E-state index in [2.05, 4.69) is 0 Å². The summed E-state index contributed by atoms with van der Waals surface area (Å²) < 4.78 is 61.9. The molecule has 0 N–H and O–H groups in total. The summed E-state index contributed by atoms with van der Waals surface area (Å²) in [6.45, 7) is 1.01. The van der Waals surface area contributed by atoms with Crippen molar-refractivity contribution >= 4 is 22.4 Å². The molecule has 140 valence electrons. The normalized spacial score (nSPS) is 15.4. The average molecular weight is 405 g/mol. The van der Waals surface area contributed by atoms with Crippen LogP contribution in [0.15, 0.2) is 36.4 Å². The van der Waals surface area contributed by atoms with Gasteiger partial charge >= 0.3 is 6.18 Å². The highest BCUT2D eigenvalue weighted by molar-refractivity contribution is 7.83. The molecule has 1 aliphatic heterocycles. The van der Waals surface area contributed by atoms with Crippen LogP contribution in [0.5, 0.6) is 11.5 Å². The zero-order chi connectivity index (χ0) is 18.7. The van der Waals surface area contributed by atoms with Gasteiger partial charge in [-0.15, -0.1) is 0 Å². The van der Waals surface area contributed by atoms with E-state index < -0.39 is 22.5 Å². The minimum absolute atomic E-state index is 0.0238. The van der Waals surface area contributed by atoms with E-state index in [1.807, 2.05) is 0 Å². The Morgan fingerprint density at radius 1 is 1.04 bits per heavy atom. The Morgan fingerprint density at radius 2 is 1.77 bits per heavy atom. The van der Waals surface area contributed by atoms with Crippen LogP contribution in [-0.4, -0.2) is 17.4 Å². The number of ether oxygens (including phenoxy) is 2. The molecule has 8 heteroatoms. The zero-order valence-corrected chi connectivity index (χ0v) is 15.2. The van der Waals surface area contributed by atoms with E-state index in [0.29, 0.717) is 40.9 Å². The van der Waals surface area contributed by atoms with E-state index >= 15 is 0 Å². The van der Waals surface area contributed by atoms with Crippen LogP contribution < -0.4 is 9.47 Å². The maximum atomic E-state index is 12.8. The van der Waals surface area contributed by atoms with Crippen LogP contribution in [0.2, 0.25) is 5.02 Å². The standard InChI is InChI=1S/C18H16ClF3O3S/c19-15-8-13(9-16-17(15)25-6-2-5-24-16)11-26(23)10-12-3-1-4-14(7-12)18(20,21)22/h1,3-4,7-9H,2,5-6,10-11H2. The van der Waals surface area contributed by atoms with E-state index in [9.17, 15) is 17.4 Å². The van der Waals surface area contributed by atoms with Gasteiger partial charge < -0.3 is 9.47 Å². The molecule has 0 bridgehead atoms. The minimum Gasteiger partial charge on any atom is -0.489 e. The van der Waals surface area contributed by atoms with Crippen molar-refractivity contribution in [1.82, 2.24) is 0 Å². The van der Waals surface area contributed by atoms with Crippen molar-refractivity contribution in [3.8, 4) is 11.5 Å². The molecule has 0 aliphatic carbocycles. The van der Waals surface area contributed by atoms with Gasteiger partial charge in [0.1, 0.15) is 0 Å². The molecule has 0 spiro atoms. The Hall–Kier alpha value is -1.73. The summed E-state index contributed by atoms with van der Waals surface area (Å²) in [6, 6.07) is 8.25. The summed E-state index contributed by atoms with van der Waals surface area (Å²) in [5.74, 6) is 1.15. The fraction of sp³-hybridized carbons (Fsp3) is 0.333. The summed E-state index contributed by atoms with van der Waals surface area (Å²) in [6.07, 6.45) is -3.68. The van der Waals surface area contributed by atoms with Gasteiger partial charge in [0.25, 0.3) is 0 Å². The molecule has 3 nitrogen and oxygen atoms in total. The molecule has 0 fully saturated rings. The monoisotopic (exact) mass is 404 g/mol. The van der Waals surface area contributed by atoms with Gasteiger partial charge in [0, 0.05) is 28.7 Å². The van der Waals surface area contributed by atoms with E-state index in [4.69, 9.17) is 21.1 Å². The lowest BCUT2D eigenvalue weighted by Crippen LogP contribution is -2.06. The van der Waals surface area contributed by atoms with E-state index in [-0.39, 0.29) is 11.5 Å². The molecular formula is C18H16ClF3O3S. The number of benzene rings is 2. The lowest BCUT2D eigenvalue weighted by atomic mass is 10.1. The summed E-state index contributed by atoms with van der Waals surface area (Å²) in [5.41, 5.74) is 0.314. The van der Waals surface area contributed by atoms with Crippen molar-refractivity contribution in [3.63, 3.8) is 0 Å². The van der Waals surface area contributed by atoms with E-state index in [1.165, 1.54) is 12.1 Å². The van der Waals surface area contributed by atoms with Gasteiger partial charge in [0.05, 0.1) is 23.8 Å². The first-order valence-electron chi connectivity index (χ1n) is 7.92. The number of alkyl halides is 3. The molecule has 1 aliphatic rings. The van der Waals surface area contributed by atoms with Gasteiger partial charge in [-0.05, 0) is 29.3 Å². The second kappa shape index (κ2) is 7.88. The summed E-state index contributed by atoms with van der Waals surface area (Å²) in [5, 5.41) is 0.371. The molecule has 0 saturated heterocycles. The van der Waals surface area contributed by atoms with Crippen LogP contribution in [-0.2, 0) is 28.5 Å². The van der Waals surface area contributed by atoms with Crippen molar-refractivity contribution in [2.75, 3.05) is 13.2 Å². The first-order chi connectivity index (χ1) is 12.3. The SMILES string of the molecule is O=S(Cc1cccc(C(F)(F)F)c1)Cc1cc(Cl)c2c(c1)OCCCO2. The first-order valence-corrected chi connectivity index (χ1v) is 9.78. The Balaban J connectivity index is 1.73. The fourth-order valence-electron chi connectivity index (χ4n) is 2.63. The number of rotatable bonds is 4. The highest BCUT2D eigenvalue weighted by atomic mass is 35.5. The fourth-order valence-corrected chi connectivity index (χ4v) is 4.11. The summed E-state index contributed by atoms with van der Waals surface area (Å²) in [7, 11) is -1.39. The second-order valence-corrected chi connectivity index (χ2v) is 7.75. The average Bonchev–Trinajstić information content (AvgIpc) is 2.80. The number of fused-ring (bicyclic) bond motifs is 1. The molecule has 1 heterocycles. The first kappa shape index (κ1) is 19.0. The molecule has 26 heavy (non-hydrogen) atoms. The Morgan fingerprint density at radius 3 is 2.54 bits per heavy atom. The third-order valence-corrected chi connectivity index (χ3v) is 5.36. The smallest absolute Gasteiger partial charge is 0.416 e. The summed E-state index contributed by atoms with van der Waals surface area (Å²) >= 11 is 6.21. The number of hydrogen-bond donors (Lipinski definition) is 0. The molecule has 0 aromatic heterocycles. The van der Waals surface area contributed by atoms with Crippen molar-refractivity contribution in [3.05, 3.63) is 58.1 Å². The number of halogens is 4. The van der Waals surface area contributed by atoms with Crippen molar-refractivity contribution in [2.45, 2.75) is 24.1 Å². The Labute approximate surface area is 156 Å². The predicted octanol–water partition coefficient (Wildman–Crippen LogP) is 4.97. The molecule has 2 aromatic rings. The molecule has 0 saturated carbocycles. The third kappa shape index (κ3) is 4.71. The third-order valence-electron chi connectivity index (χ3n) is 3.77. The molecule has 0 radical (unpaired) electrons. The highest BCUT2D eigenvalue weighted by Gasteiger charge is 2.30. The predicted molar refractivity (Wildman–Crippen MR) is 94.1 cm³/mol. The van der Waals surface area contributed by atoms with Gasteiger partial charge in [0.15, 0.2) is 11.5 Å².